The van der Waals surface area contributed by atoms with Gasteiger partial charge in [-0.2, -0.15) is 0 Å². The zero-order chi connectivity index (χ0) is 22.1. The van der Waals surface area contributed by atoms with Crippen molar-refractivity contribution >= 4 is 11.8 Å². The number of rotatable bonds is 10. The lowest BCUT2D eigenvalue weighted by Crippen LogP contribution is -2.37. The van der Waals surface area contributed by atoms with Crippen LogP contribution in [0.2, 0.25) is 0 Å². The van der Waals surface area contributed by atoms with Crippen LogP contribution in [0.4, 0.5) is 0 Å². The molecule has 1 aliphatic carbocycles. The van der Waals surface area contributed by atoms with E-state index in [1.165, 1.54) is 14.2 Å². The number of hydrogen-bond acceptors (Lipinski definition) is 5. The molecule has 3 rings (SSSR count). The Morgan fingerprint density at radius 2 is 1.55 bits per heavy atom. The number of hydrogen-bond donors (Lipinski definition) is 2. The highest BCUT2D eigenvalue weighted by Crippen LogP contribution is 2.39. The van der Waals surface area contributed by atoms with Gasteiger partial charge in [0.25, 0.3) is 5.91 Å². The fraction of sp³-hybridized carbons (Fsp3) is 0.417. The van der Waals surface area contributed by atoms with E-state index in [4.69, 9.17) is 14.2 Å². The second-order valence-corrected chi connectivity index (χ2v) is 7.51. The summed E-state index contributed by atoms with van der Waals surface area (Å²) in [6.07, 6.45) is 4.14. The highest BCUT2D eigenvalue weighted by Gasteiger charge is 2.22. The van der Waals surface area contributed by atoms with Gasteiger partial charge in [0.15, 0.2) is 11.5 Å². The van der Waals surface area contributed by atoms with E-state index in [0.717, 1.165) is 31.2 Å². The third-order valence-corrected chi connectivity index (χ3v) is 5.38. The van der Waals surface area contributed by atoms with Crippen molar-refractivity contribution in [3.8, 4) is 17.2 Å². The molecule has 7 nitrogen and oxygen atoms in total. The summed E-state index contributed by atoms with van der Waals surface area (Å²) in [5.74, 6) is 1.18. The molecule has 0 bridgehead atoms. The molecule has 1 fully saturated rings. The van der Waals surface area contributed by atoms with Gasteiger partial charge in [0.2, 0.25) is 11.7 Å². The van der Waals surface area contributed by atoms with E-state index < -0.39 is 0 Å². The maximum atomic E-state index is 12.6. The predicted octanol–water partition coefficient (Wildman–Crippen LogP) is 3.32. The van der Waals surface area contributed by atoms with Gasteiger partial charge in [0, 0.05) is 24.6 Å². The number of nitrogens with one attached hydrogen (secondary N) is 2. The monoisotopic (exact) mass is 426 g/mol. The molecule has 31 heavy (non-hydrogen) atoms. The van der Waals surface area contributed by atoms with Crippen LogP contribution in [-0.4, -0.2) is 39.1 Å². The van der Waals surface area contributed by atoms with Crippen LogP contribution in [0.25, 0.3) is 0 Å². The smallest absolute Gasteiger partial charge is 0.251 e. The highest BCUT2D eigenvalue weighted by atomic mass is 16.5. The molecule has 0 aromatic heterocycles. The lowest BCUT2D eigenvalue weighted by molar-refractivity contribution is -0.124. The summed E-state index contributed by atoms with van der Waals surface area (Å²) in [5, 5.41) is 5.71. The van der Waals surface area contributed by atoms with Crippen molar-refractivity contribution in [2.24, 2.45) is 5.92 Å². The van der Waals surface area contributed by atoms with Gasteiger partial charge in [-0.3, -0.25) is 9.59 Å². The molecule has 0 atom stereocenters. The molecule has 1 saturated carbocycles. The predicted molar refractivity (Wildman–Crippen MR) is 118 cm³/mol. The molecule has 2 aromatic rings. The lowest BCUT2D eigenvalue weighted by Gasteiger charge is -2.16. The maximum absolute atomic E-state index is 12.6. The minimum atomic E-state index is -0.277. The number of ether oxygens (including phenoxy) is 3. The third kappa shape index (κ3) is 6.13. The van der Waals surface area contributed by atoms with E-state index in [2.05, 4.69) is 10.6 Å². The summed E-state index contributed by atoms with van der Waals surface area (Å²) >= 11 is 0. The number of amides is 2. The molecule has 0 spiro atoms. The van der Waals surface area contributed by atoms with Gasteiger partial charge in [-0.05, 0) is 30.5 Å². The van der Waals surface area contributed by atoms with Crippen LogP contribution in [0.1, 0.15) is 41.6 Å². The Labute approximate surface area is 183 Å². The Hall–Kier alpha value is -3.22. The third-order valence-electron chi connectivity index (χ3n) is 5.38. The van der Waals surface area contributed by atoms with Crippen LogP contribution in [0.5, 0.6) is 17.2 Å². The van der Waals surface area contributed by atoms with Gasteiger partial charge in [-0.25, -0.2) is 0 Å². The maximum Gasteiger partial charge on any atom is 0.251 e. The standard InChI is InChI=1S/C24H30N2O5/c1-29-20-14-19(24(28)26-13-12-25-23(27)18-10-6-7-11-18)15-21(30-2)22(20)31-16-17-8-4-3-5-9-17/h3-5,8-9,14-15,18H,6-7,10-13,16H2,1-2H3,(H,25,27)(H,26,28). The van der Waals surface area contributed by atoms with Gasteiger partial charge in [-0.1, -0.05) is 43.2 Å². The number of benzene rings is 2. The minimum Gasteiger partial charge on any atom is -0.493 e. The lowest BCUT2D eigenvalue weighted by atomic mass is 10.1. The molecular weight excluding hydrogens is 396 g/mol. The fourth-order valence-corrected chi connectivity index (χ4v) is 3.68. The molecular formula is C24H30N2O5. The summed E-state index contributed by atoms with van der Waals surface area (Å²) in [4.78, 5) is 24.7. The Morgan fingerprint density at radius 3 is 2.16 bits per heavy atom. The SMILES string of the molecule is COc1cc(C(=O)NCCNC(=O)C2CCCC2)cc(OC)c1OCc1ccccc1. The summed E-state index contributed by atoms with van der Waals surface area (Å²) < 4.78 is 16.8. The van der Waals surface area contributed by atoms with Gasteiger partial charge in [0.05, 0.1) is 14.2 Å². The summed E-state index contributed by atoms with van der Waals surface area (Å²) in [6.45, 7) is 1.08. The number of methoxy groups -OCH3 is 2. The van der Waals surface area contributed by atoms with Gasteiger partial charge in [-0.15, -0.1) is 0 Å². The molecule has 0 unspecified atom stereocenters. The van der Waals surface area contributed by atoms with Crippen LogP contribution >= 0.6 is 0 Å². The molecule has 2 N–H and O–H groups in total. The van der Waals surface area contributed by atoms with E-state index in [-0.39, 0.29) is 17.7 Å². The van der Waals surface area contributed by atoms with Crippen LogP contribution in [0.3, 0.4) is 0 Å². The highest BCUT2D eigenvalue weighted by molar-refractivity contribution is 5.95. The first-order valence-electron chi connectivity index (χ1n) is 10.6. The molecule has 0 aliphatic heterocycles. The molecule has 2 aromatic carbocycles. The average molecular weight is 427 g/mol. The Morgan fingerprint density at radius 1 is 0.935 bits per heavy atom. The van der Waals surface area contributed by atoms with E-state index in [1.807, 2.05) is 30.3 Å². The number of carbonyl (C=O) groups is 2. The summed E-state index contributed by atoms with van der Waals surface area (Å²) in [5.41, 5.74) is 1.40. The molecule has 2 amide bonds. The van der Waals surface area contributed by atoms with Gasteiger partial charge >= 0.3 is 0 Å². The second kappa shape index (κ2) is 11.2. The van der Waals surface area contributed by atoms with Crippen LogP contribution in [-0.2, 0) is 11.4 Å². The first kappa shape index (κ1) is 22.5. The zero-order valence-electron chi connectivity index (χ0n) is 18.1. The summed E-state index contributed by atoms with van der Waals surface area (Å²) in [6, 6.07) is 13.0. The molecule has 7 heteroatoms. The Bertz CT molecular complexity index is 854. The molecule has 0 heterocycles. The molecule has 166 valence electrons. The van der Waals surface area contributed by atoms with Crippen LogP contribution in [0, 0.1) is 5.92 Å². The molecule has 0 radical (unpaired) electrons. The van der Waals surface area contributed by atoms with Crippen LogP contribution < -0.4 is 24.8 Å². The van der Waals surface area contributed by atoms with Crippen molar-refractivity contribution in [3.05, 3.63) is 53.6 Å². The van der Waals surface area contributed by atoms with E-state index in [9.17, 15) is 9.59 Å². The normalized spacial score (nSPS) is 13.5. The van der Waals surface area contributed by atoms with Crippen LogP contribution in [0.15, 0.2) is 42.5 Å². The topological polar surface area (TPSA) is 85.9 Å². The minimum absolute atomic E-state index is 0.0787. The van der Waals surface area contributed by atoms with E-state index in [0.29, 0.717) is 42.5 Å². The first-order chi connectivity index (χ1) is 15.1. The quantitative estimate of drug-likeness (QED) is 0.569. The van der Waals surface area contributed by atoms with E-state index in [1.54, 1.807) is 12.1 Å². The molecule has 0 saturated heterocycles. The molecule has 1 aliphatic rings. The van der Waals surface area contributed by atoms with Crippen molar-refractivity contribution in [2.45, 2.75) is 32.3 Å². The van der Waals surface area contributed by atoms with E-state index >= 15 is 0 Å². The van der Waals surface area contributed by atoms with Gasteiger partial charge in [0.1, 0.15) is 6.61 Å². The second-order valence-electron chi connectivity index (χ2n) is 7.51. The zero-order valence-corrected chi connectivity index (χ0v) is 18.1. The van der Waals surface area contributed by atoms with Crippen molar-refractivity contribution in [2.75, 3.05) is 27.3 Å². The fourth-order valence-electron chi connectivity index (χ4n) is 3.68. The Kier molecular flexibility index (Phi) is 8.15. The Balaban J connectivity index is 1.58. The van der Waals surface area contributed by atoms with Crippen molar-refractivity contribution in [3.63, 3.8) is 0 Å². The van der Waals surface area contributed by atoms with Crippen molar-refractivity contribution in [1.29, 1.82) is 0 Å². The van der Waals surface area contributed by atoms with Crippen molar-refractivity contribution < 1.29 is 23.8 Å². The number of carbonyl (C=O) groups excluding carboxylic acids is 2. The average Bonchev–Trinajstić information content (AvgIpc) is 3.35. The largest absolute Gasteiger partial charge is 0.493 e. The van der Waals surface area contributed by atoms with Crippen molar-refractivity contribution in [1.82, 2.24) is 10.6 Å². The first-order valence-corrected chi connectivity index (χ1v) is 10.6. The summed E-state index contributed by atoms with van der Waals surface area (Å²) in [7, 11) is 3.04. The van der Waals surface area contributed by atoms with Gasteiger partial charge < -0.3 is 24.8 Å².